The summed E-state index contributed by atoms with van der Waals surface area (Å²) in [5, 5.41) is 0. The van der Waals surface area contributed by atoms with Crippen LogP contribution in [0.15, 0.2) is 36.5 Å². The van der Waals surface area contributed by atoms with Gasteiger partial charge in [0.1, 0.15) is 0 Å². The van der Waals surface area contributed by atoms with E-state index in [9.17, 15) is 0 Å². The molecule has 0 spiro atoms. The molecular weight excluding hydrogens is 263 g/mol. The summed E-state index contributed by atoms with van der Waals surface area (Å²) in [6.07, 6.45) is 24.5. The van der Waals surface area contributed by atoms with Crippen LogP contribution in [-0.4, -0.2) is 6.71 Å². The van der Waals surface area contributed by atoms with E-state index in [4.69, 9.17) is 0 Å². The summed E-state index contributed by atoms with van der Waals surface area (Å²) in [4.78, 5) is 0. The van der Waals surface area contributed by atoms with Gasteiger partial charge in [-0.05, 0) is 54.8 Å². The average Bonchev–Trinajstić information content (AvgIpc) is 3.32. The van der Waals surface area contributed by atoms with Gasteiger partial charge < -0.3 is 0 Å². The molecule has 3 saturated carbocycles. The molecule has 6 aliphatic carbocycles. The fourth-order valence-corrected chi connectivity index (χ4v) is 7.75. The predicted octanol–water partition coefficient (Wildman–Crippen LogP) is 5.38. The Hall–Kier alpha value is -0.715. The van der Waals surface area contributed by atoms with Crippen molar-refractivity contribution in [2.24, 2.45) is 35.5 Å². The van der Waals surface area contributed by atoms with E-state index < -0.39 is 0 Å². The summed E-state index contributed by atoms with van der Waals surface area (Å²) < 4.78 is 0. The topological polar surface area (TPSA) is 0 Å². The molecule has 0 aliphatic heterocycles. The molecule has 114 valence electrons. The van der Waals surface area contributed by atoms with Crippen molar-refractivity contribution in [1.82, 2.24) is 0 Å². The number of fused-ring (bicyclic) bond motifs is 6. The minimum absolute atomic E-state index is 0.945. The van der Waals surface area contributed by atoms with Crippen molar-refractivity contribution in [2.75, 3.05) is 0 Å². The lowest BCUT2D eigenvalue weighted by Crippen LogP contribution is -2.37. The molecule has 22 heavy (non-hydrogen) atoms. The molecule has 3 fully saturated rings. The van der Waals surface area contributed by atoms with Gasteiger partial charge in [0.15, 0.2) is 6.71 Å². The second-order valence-corrected chi connectivity index (χ2v) is 9.41. The van der Waals surface area contributed by atoms with E-state index in [-0.39, 0.29) is 0 Å². The third kappa shape index (κ3) is 1.66. The summed E-state index contributed by atoms with van der Waals surface area (Å²) in [5.74, 6) is 8.77. The van der Waals surface area contributed by atoms with Crippen molar-refractivity contribution >= 4 is 6.71 Å². The molecule has 0 aromatic heterocycles. The van der Waals surface area contributed by atoms with Gasteiger partial charge in [0.2, 0.25) is 0 Å². The molecule has 6 aliphatic rings. The van der Waals surface area contributed by atoms with Crippen LogP contribution in [0.5, 0.6) is 0 Å². The molecule has 9 unspecified atom stereocenters. The molecule has 0 nitrogen and oxygen atoms in total. The normalized spacial score (nSPS) is 55.9. The minimum Gasteiger partial charge on any atom is -0.0855 e. The molecule has 9 atom stereocenters. The van der Waals surface area contributed by atoms with Gasteiger partial charge in [-0.15, -0.1) is 0 Å². The largest absolute Gasteiger partial charge is 0.151 e. The van der Waals surface area contributed by atoms with Gasteiger partial charge in [-0.25, -0.2) is 0 Å². The molecule has 0 aromatic rings. The average molecular weight is 290 g/mol. The Bertz CT molecular complexity index is 492. The summed E-state index contributed by atoms with van der Waals surface area (Å²) in [6, 6.07) is 0. The van der Waals surface area contributed by atoms with E-state index in [1.807, 2.05) is 0 Å². The summed E-state index contributed by atoms with van der Waals surface area (Å²) in [6.45, 7) is 1.04. The monoisotopic (exact) mass is 290 g/mol. The standard InChI is InChI=1S/C21H27B/c1-4-16-7-13(1)10-19(16)22(20-11-14-2-5-17(20)8-14)21-12-15-3-6-18(21)9-15/h1-6,13-21H,7-12H2. The van der Waals surface area contributed by atoms with Crippen molar-refractivity contribution in [3.8, 4) is 0 Å². The second kappa shape index (κ2) is 4.43. The number of allylic oxidation sites excluding steroid dienone is 6. The van der Waals surface area contributed by atoms with Crippen LogP contribution in [0.4, 0.5) is 0 Å². The summed E-state index contributed by atoms with van der Waals surface area (Å²) in [5.41, 5.74) is 0. The zero-order chi connectivity index (χ0) is 14.3. The van der Waals surface area contributed by atoms with Crippen LogP contribution in [0.3, 0.4) is 0 Å². The van der Waals surface area contributed by atoms with Crippen LogP contribution < -0.4 is 0 Å². The van der Waals surface area contributed by atoms with Gasteiger partial charge in [-0.1, -0.05) is 73.2 Å². The van der Waals surface area contributed by atoms with E-state index >= 15 is 0 Å². The second-order valence-electron chi connectivity index (χ2n) is 9.41. The number of hydrogen-bond acceptors (Lipinski definition) is 0. The van der Waals surface area contributed by atoms with Gasteiger partial charge in [-0.2, -0.15) is 0 Å². The molecule has 6 rings (SSSR count). The highest BCUT2D eigenvalue weighted by atomic mass is 14.5. The minimum atomic E-state index is 0.945. The van der Waals surface area contributed by atoms with Gasteiger partial charge >= 0.3 is 0 Å². The van der Waals surface area contributed by atoms with Gasteiger partial charge in [0.25, 0.3) is 0 Å². The van der Waals surface area contributed by atoms with Gasteiger partial charge in [0, 0.05) is 0 Å². The Morgan fingerprint density at radius 3 is 1.05 bits per heavy atom. The molecule has 0 aromatic carbocycles. The van der Waals surface area contributed by atoms with Crippen LogP contribution in [0.25, 0.3) is 0 Å². The summed E-state index contributed by atoms with van der Waals surface area (Å²) in [7, 11) is 0. The fourth-order valence-electron chi connectivity index (χ4n) is 7.75. The Morgan fingerprint density at radius 1 is 0.455 bits per heavy atom. The molecule has 0 amide bonds. The molecule has 0 heterocycles. The smallest absolute Gasteiger partial charge is 0.0855 e. The molecule has 0 N–H and O–H groups in total. The molecule has 0 saturated heterocycles. The van der Waals surface area contributed by atoms with Gasteiger partial charge in [0.05, 0.1) is 0 Å². The van der Waals surface area contributed by atoms with E-state index in [0.29, 0.717) is 0 Å². The highest BCUT2D eigenvalue weighted by Crippen LogP contribution is 2.63. The lowest BCUT2D eigenvalue weighted by atomic mass is 9.23. The maximum Gasteiger partial charge on any atom is 0.151 e. The van der Waals surface area contributed by atoms with Crippen LogP contribution >= 0.6 is 0 Å². The van der Waals surface area contributed by atoms with E-state index in [1.54, 1.807) is 0 Å². The quantitative estimate of drug-likeness (QED) is 0.483. The predicted molar refractivity (Wildman–Crippen MR) is 93.1 cm³/mol. The van der Waals surface area contributed by atoms with Crippen molar-refractivity contribution in [3.05, 3.63) is 36.5 Å². The molecule has 6 bridgehead atoms. The first kappa shape index (κ1) is 12.7. The SMILES string of the molecule is C1=CC2CC1CC2B(C1CC2C=CC1C2)C1CC2C=CC1C2. The number of hydrogen-bond donors (Lipinski definition) is 0. The molecule has 0 radical (unpaired) electrons. The third-order valence-corrected chi connectivity index (χ3v) is 8.47. The van der Waals surface area contributed by atoms with Crippen LogP contribution in [-0.2, 0) is 0 Å². The van der Waals surface area contributed by atoms with E-state index in [2.05, 4.69) is 36.5 Å². The summed E-state index contributed by atoms with van der Waals surface area (Å²) >= 11 is 0. The van der Waals surface area contributed by atoms with Crippen LogP contribution in [0, 0.1) is 35.5 Å². The number of rotatable bonds is 3. The highest BCUT2D eigenvalue weighted by molar-refractivity contribution is 6.64. The first-order valence-corrected chi connectivity index (χ1v) is 9.90. The Kier molecular flexibility index (Phi) is 2.55. The Balaban J connectivity index is 1.36. The first-order valence-electron chi connectivity index (χ1n) is 9.90. The van der Waals surface area contributed by atoms with Crippen molar-refractivity contribution in [2.45, 2.75) is 56.0 Å². The fraction of sp³-hybridized carbons (Fsp3) is 0.714. The van der Waals surface area contributed by atoms with Gasteiger partial charge in [-0.3, -0.25) is 0 Å². The van der Waals surface area contributed by atoms with Crippen LogP contribution in [0.1, 0.15) is 38.5 Å². The zero-order valence-electron chi connectivity index (χ0n) is 13.5. The van der Waals surface area contributed by atoms with E-state index in [1.165, 1.54) is 38.5 Å². The lowest BCUT2D eigenvalue weighted by Gasteiger charge is -2.39. The first-order chi connectivity index (χ1) is 10.8. The maximum absolute atomic E-state index is 2.61. The Labute approximate surface area is 135 Å². The lowest BCUT2D eigenvalue weighted by molar-refractivity contribution is 0.567. The third-order valence-electron chi connectivity index (χ3n) is 8.47. The molecule has 1 heteroatoms. The van der Waals surface area contributed by atoms with Crippen molar-refractivity contribution in [1.29, 1.82) is 0 Å². The Morgan fingerprint density at radius 2 is 0.818 bits per heavy atom. The zero-order valence-corrected chi connectivity index (χ0v) is 13.5. The maximum atomic E-state index is 2.61. The molecular formula is C21H27B. The van der Waals surface area contributed by atoms with Crippen LogP contribution in [0.2, 0.25) is 17.5 Å². The van der Waals surface area contributed by atoms with Crippen molar-refractivity contribution in [3.63, 3.8) is 0 Å². The van der Waals surface area contributed by atoms with E-state index in [0.717, 1.165) is 59.7 Å². The van der Waals surface area contributed by atoms with Crippen molar-refractivity contribution < 1.29 is 0 Å². The highest BCUT2D eigenvalue weighted by Gasteiger charge is 2.55.